The van der Waals surface area contributed by atoms with Gasteiger partial charge in [0.15, 0.2) is 0 Å². The molecule has 0 atom stereocenters. The van der Waals surface area contributed by atoms with Gasteiger partial charge in [0, 0.05) is 50.8 Å². The van der Waals surface area contributed by atoms with Crippen LogP contribution in [0.25, 0.3) is 33.1 Å². The summed E-state index contributed by atoms with van der Waals surface area (Å²) in [6.07, 6.45) is 0. The number of rotatable bonds is 6. The van der Waals surface area contributed by atoms with Crippen LogP contribution in [0, 0.1) is 0 Å². The summed E-state index contributed by atoms with van der Waals surface area (Å²) >= 11 is 0. The van der Waals surface area contributed by atoms with Gasteiger partial charge in [-0.05, 0) is 82.5 Å². The minimum absolute atomic E-state index is 0.941. The SMILES string of the molecule is C[Si]1(C)c2cc(N(c3ccccc3)c3ccccc3)ccc2-c2oc3cc(N(c4ccccc4)c4ccccc4)c4ccccc4c3c21. The Labute approximate surface area is 281 Å². The van der Waals surface area contributed by atoms with Gasteiger partial charge in [-0.1, -0.05) is 110 Å². The summed E-state index contributed by atoms with van der Waals surface area (Å²) in [5.41, 5.74) is 8.94. The molecule has 0 radical (unpaired) electrons. The fourth-order valence-corrected chi connectivity index (χ4v) is 10.9. The molecule has 0 spiro atoms. The van der Waals surface area contributed by atoms with E-state index in [1.807, 2.05) is 0 Å². The molecule has 0 amide bonds. The maximum absolute atomic E-state index is 7.01. The zero-order chi connectivity index (χ0) is 32.2. The van der Waals surface area contributed by atoms with Crippen molar-refractivity contribution in [1.29, 1.82) is 0 Å². The van der Waals surface area contributed by atoms with Crippen molar-refractivity contribution in [3.63, 3.8) is 0 Å². The normalized spacial score (nSPS) is 13.0. The Bertz CT molecular complexity index is 2340. The largest absolute Gasteiger partial charge is 0.456 e. The van der Waals surface area contributed by atoms with Crippen LogP contribution >= 0.6 is 0 Å². The van der Waals surface area contributed by atoms with E-state index >= 15 is 0 Å². The lowest BCUT2D eigenvalue weighted by Gasteiger charge is -2.28. The van der Waals surface area contributed by atoms with Gasteiger partial charge in [0.25, 0.3) is 0 Å². The zero-order valence-electron chi connectivity index (χ0n) is 27.0. The fraction of sp³-hybridized carbons (Fsp3) is 0.0455. The van der Waals surface area contributed by atoms with E-state index < -0.39 is 8.07 Å². The van der Waals surface area contributed by atoms with Crippen LogP contribution in [0.5, 0.6) is 0 Å². The minimum Gasteiger partial charge on any atom is -0.456 e. The number of fused-ring (bicyclic) bond motifs is 7. The van der Waals surface area contributed by atoms with E-state index in [4.69, 9.17) is 4.42 Å². The second kappa shape index (κ2) is 11.1. The van der Waals surface area contributed by atoms with Crippen molar-refractivity contribution in [2.75, 3.05) is 9.80 Å². The maximum atomic E-state index is 7.01. The number of anilines is 6. The third-order valence-corrected chi connectivity index (χ3v) is 13.3. The molecule has 7 aromatic carbocycles. The zero-order valence-corrected chi connectivity index (χ0v) is 28.0. The number of para-hydroxylation sites is 4. The van der Waals surface area contributed by atoms with Crippen LogP contribution in [0.15, 0.2) is 174 Å². The van der Waals surface area contributed by atoms with Crippen LogP contribution < -0.4 is 20.2 Å². The second-order valence-corrected chi connectivity index (χ2v) is 17.3. The molecule has 48 heavy (non-hydrogen) atoms. The van der Waals surface area contributed by atoms with Gasteiger partial charge < -0.3 is 14.2 Å². The van der Waals surface area contributed by atoms with Gasteiger partial charge in [-0.2, -0.15) is 0 Å². The lowest BCUT2D eigenvalue weighted by atomic mass is 10.0. The third-order valence-electron chi connectivity index (χ3n) is 9.78. The molecule has 4 heteroatoms. The molecule has 0 saturated heterocycles. The van der Waals surface area contributed by atoms with E-state index in [0.29, 0.717) is 0 Å². The first kappa shape index (κ1) is 28.4. The summed E-state index contributed by atoms with van der Waals surface area (Å²) in [7, 11) is -2.20. The first-order valence-corrected chi connectivity index (χ1v) is 19.5. The van der Waals surface area contributed by atoms with Crippen LogP contribution in [0.3, 0.4) is 0 Å². The van der Waals surface area contributed by atoms with Crippen molar-refractivity contribution in [3.8, 4) is 11.3 Å². The molecule has 8 aromatic rings. The lowest BCUT2D eigenvalue weighted by Crippen LogP contribution is -2.49. The highest BCUT2D eigenvalue weighted by molar-refractivity contribution is 7.05. The maximum Gasteiger partial charge on any atom is 0.137 e. The predicted octanol–water partition coefficient (Wildman–Crippen LogP) is 11.3. The van der Waals surface area contributed by atoms with Gasteiger partial charge in [-0.15, -0.1) is 0 Å². The topological polar surface area (TPSA) is 19.6 Å². The fourth-order valence-electron chi connectivity index (χ4n) is 7.62. The Morgan fingerprint density at radius 2 is 0.938 bits per heavy atom. The Morgan fingerprint density at radius 3 is 1.48 bits per heavy atom. The molecule has 0 fully saturated rings. The summed E-state index contributed by atoms with van der Waals surface area (Å²) in [6, 6.07) is 60.6. The standard InChI is InChI=1S/C44H34N2OSi/c1-48(2)41-29-35(45(31-17-7-3-8-18-31)32-19-9-4-10-20-32)27-28-38(41)43-44(48)42-37-26-16-15-25-36(37)39(30-40(42)47-43)46(33-21-11-5-12-22-33)34-23-13-6-14-24-34/h3-30H,1-2H3. The second-order valence-electron chi connectivity index (χ2n) is 13.0. The van der Waals surface area contributed by atoms with E-state index in [2.05, 4.69) is 193 Å². The molecule has 0 unspecified atom stereocenters. The number of furan rings is 1. The molecular formula is C44H34N2OSi. The molecule has 230 valence electrons. The van der Waals surface area contributed by atoms with Crippen LogP contribution in [0.2, 0.25) is 13.1 Å². The van der Waals surface area contributed by atoms with Crippen molar-refractivity contribution in [2.24, 2.45) is 0 Å². The molecular weight excluding hydrogens is 601 g/mol. The number of benzene rings is 7. The molecule has 0 saturated carbocycles. The number of nitrogens with zero attached hydrogens (tertiary/aromatic N) is 2. The van der Waals surface area contributed by atoms with Crippen molar-refractivity contribution in [2.45, 2.75) is 13.1 Å². The highest BCUT2D eigenvalue weighted by Gasteiger charge is 2.43. The molecule has 1 aliphatic heterocycles. The lowest BCUT2D eigenvalue weighted by molar-refractivity contribution is 0.635. The van der Waals surface area contributed by atoms with E-state index in [9.17, 15) is 0 Å². The van der Waals surface area contributed by atoms with Crippen LogP contribution in [0.1, 0.15) is 0 Å². The first-order valence-electron chi connectivity index (χ1n) is 16.5. The highest BCUT2D eigenvalue weighted by atomic mass is 28.3. The van der Waals surface area contributed by atoms with Gasteiger partial charge in [-0.3, -0.25) is 0 Å². The molecule has 0 aliphatic carbocycles. The van der Waals surface area contributed by atoms with E-state index in [1.54, 1.807) is 0 Å². The van der Waals surface area contributed by atoms with E-state index in [0.717, 1.165) is 45.5 Å². The molecule has 9 rings (SSSR count). The first-order chi connectivity index (χ1) is 23.6. The summed E-state index contributed by atoms with van der Waals surface area (Å²) in [5.74, 6) is 1.03. The van der Waals surface area contributed by atoms with Crippen molar-refractivity contribution >= 4 is 74.3 Å². The molecule has 0 N–H and O–H groups in total. The van der Waals surface area contributed by atoms with Gasteiger partial charge in [0.05, 0.1) is 5.69 Å². The summed E-state index contributed by atoms with van der Waals surface area (Å²) < 4.78 is 7.01. The average Bonchev–Trinajstić information content (AvgIpc) is 3.63. The minimum atomic E-state index is -2.20. The monoisotopic (exact) mass is 634 g/mol. The molecule has 2 heterocycles. The Balaban J connectivity index is 1.25. The highest BCUT2D eigenvalue weighted by Crippen LogP contribution is 2.45. The quantitative estimate of drug-likeness (QED) is 0.170. The molecule has 1 aromatic heterocycles. The van der Waals surface area contributed by atoms with Crippen molar-refractivity contribution in [1.82, 2.24) is 0 Å². The Kier molecular flexibility index (Phi) is 6.59. The summed E-state index contributed by atoms with van der Waals surface area (Å²) in [6.45, 7) is 4.96. The van der Waals surface area contributed by atoms with Crippen molar-refractivity contribution < 1.29 is 4.42 Å². The molecule has 3 nitrogen and oxygen atoms in total. The van der Waals surface area contributed by atoms with Crippen LogP contribution in [0.4, 0.5) is 34.1 Å². The Morgan fingerprint density at radius 1 is 0.458 bits per heavy atom. The summed E-state index contributed by atoms with van der Waals surface area (Å²) in [5, 5.41) is 6.50. The van der Waals surface area contributed by atoms with Gasteiger partial charge >= 0.3 is 0 Å². The molecule has 0 bridgehead atoms. The summed E-state index contributed by atoms with van der Waals surface area (Å²) in [4.78, 5) is 4.70. The Hall–Kier alpha value is -5.84. The van der Waals surface area contributed by atoms with Crippen LogP contribution in [-0.4, -0.2) is 8.07 Å². The van der Waals surface area contributed by atoms with E-state index in [1.165, 1.54) is 32.1 Å². The number of hydrogen-bond donors (Lipinski definition) is 0. The smallest absolute Gasteiger partial charge is 0.137 e. The third kappa shape index (κ3) is 4.41. The van der Waals surface area contributed by atoms with Crippen molar-refractivity contribution in [3.05, 3.63) is 170 Å². The molecule has 1 aliphatic rings. The van der Waals surface area contributed by atoms with Gasteiger partial charge in [0.1, 0.15) is 19.4 Å². The van der Waals surface area contributed by atoms with Crippen LogP contribution in [-0.2, 0) is 0 Å². The van der Waals surface area contributed by atoms with E-state index in [-0.39, 0.29) is 0 Å². The number of hydrogen-bond acceptors (Lipinski definition) is 3. The predicted molar refractivity (Wildman–Crippen MR) is 205 cm³/mol. The average molecular weight is 635 g/mol. The van der Waals surface area contributed by atoms with Gasteiger partial charge in [0.2, 0.25) is 0 Å². The van der Waals surface area contributed by atoms with Gasteiger partial charge in [-0.25, -0.2) is 0 Å².